The maximum Gasteiger partial charge on any atom is 0.265 e. The average Bonchev–Trinajstić information content (AvgIpc) is 3.19. The van der Waals surface area contributed by atoms with Gasteiger partial charge in [-0.25, -0.2) is 4.98 Å². The number of fused-ring (bicyclic) bond motifs is 1. The van der Waals surface area contributed by atoms with Crippen molar-refractivity contribution in [1.82, 2.24) is 9.97 Å². The largest absolute Gasteiger partial charge is 0.453 e. The molecule has 1 aliphatic rings. The number of aromatic nitrogens is 2. The highest BCUT2D eigenvalue weighted by Crippen LogP contribution is 2.41. The van der Waals surface area contributed by atoms with Crippen LogP contribution in [-0.2, 0) is 0 Å². The van der Waals surface area contributed by atoms with Gasteiger partial charge in [0.15, 0.2) is 11.6 Å². The van der Waals surface area contributed by atoms with Gasteiger partial charge in [0.1, 0.15) is 10.1 Å². The molecule has 20 heavy (non-hydrogen) atoms. The molecule has 4 rings (SSSR count). The first-order valence-electron chi connectivity index (χ1n) is 6.51. The highest BCUT2D eigenvalue weighted by atomic mass is 79.9. The van der Waals surface area contributed by atoms with E-state index in [0.717, 1.165) is 29.5 Å². The van der Waals surface area contributed by atoms with E-state index >= 15 is 0 Å². The molecule has 0 bridgehead atoms. The molecule has 1 aliphatic carbocycles. The molecule has 1 fully saturated rings. The van der Waals surface area contributed by atoms with Gasteiger partial charge in [-0.15, -0.1) is 0 Å². The number of hydrogen-bond acceptors (Lipinski definition) is 3. The number of halogens is 1. The van der Waals surface area contributed by atoms with Crippen molar-refractivity contribution in [1.29, 1.82) is 0 Å². The molecule has 0 amide bonds. The van der Waals surface area contributed by atoms with E-state index in [9.17, 15) is 4.79 Å². The smallest absolute Gasteiger partial charge is 0.265 e. The third-order valence-corrected chi connectivity index (χ3v) is 4.28. The maximum absolute atomic E-state index is 12.0. The van der Waals surface area contributed by atoms with Crippen molar-refractivity contribution in [2.45, 2.75) is 18.8 Å². The number of H-pyrrole nitrogens is 1. The van der Waals surface area contributed by atoms with Gasteiger partial charge in [0.25, 0.3) is 5.56 Å². The minimum absolute atomic E-state index is 0.155. The van der Waals surface area contributed by atoms with Gasteiger partial charge in [0.2, 0.25) is 0 Å². The van der Waals surface area contributed by atoms with Crippen LogP contribution in [0.15, 0.2) is 44.0 Å². The number of aromatic amines is 1. The Morgan fingerprint density at radius 2 is 2.10 bits per heavy atom. The zero-order chi connectivity index (χ0) is 13.7. The number of nitrogens with one attached hydrogen (secondary N) is 1. The molecule has 1 saturated carbocycles. The second-order valence-corrected chi connectivity index (χ2v) is 5.83. The summed E-state index contributed by atoms with van der Waals surface area (Å²) in [6, 6.07) is 9.65. The van der Waals surface area contributed by atoms with Crippen LogP contribution < -0.4 is 5.56 Å². The molecule has 0 radical (unpaired) electrons. The van der Waals surface area contributed by atoms with Crippen LogP contribution in [-0.4, -0.2) is 9.97 Å². The fourth-order valence-corrected chi connectivity index (χ4v) is 2.83. The van der Waals surface area contributed by atoms with Crippen molar-refractivity contribution in [2.24, 2.45) is 0 Å². The molecular formula is C15H11BrN2O2. The molecule has 0 spiro atoms. The molecule has 4 nitrogen and oxygen atoms in total. The first kappa shape index (κ1) is 11.9. The Morgan fingerprint density at radius 1 is 1.30 bits per heavy atom. The normalized spacial score (nSPS) is 14.8. The standard InChI is InChI=1S/C15H11BrN2O2/c16-12-13(8-5-6-8)17-14(18-15(12)19)11-7-9-3-1-2-4-10(9)20-11/h1-4,7-8H,5-6H2,(H,17,18,19). The quantitative estimate of drug-likeness (QED) is 0.776. The number of nitrogens with zero attached hydrogens (tertiary/aromatic N) is 1. The molecule has 0 unspecified atom stereocenters. The minimum Gasteiger partial charge on any atom is -0.453 e. The lowest BCUT2D eigenvalue weighted by molar-refractivity contribution is 0.623. The molecule has 1 aromatic carbocycles. The first-order chi connectivity index (χ1) is 9.72. The van der Waals surface area contributed by atoms with Gasteiger partial charge < -0.3 is 9.40 Å². The van der Waals surface area contributed by atoms with Crippen LogP contribution in [0, 0.1) is 0 Å². The van der Waals surface area contributed by atoms with Gasteiger partial charge in [-0.3, -0.25) is 4.79 Å². The molecule has 1 N–H and O–H groups in total. The Hall–Kier alpha value is -1.88. The van der Waals surface area contributed by atoms with Gasteiger partial charge in [-0.2, -0.15) is 0 Å². The van der Waals surface area contributed by atoms with Crippen LogP contribution in [0.25, 0.3) is 22.6 Å². The molecule has 0 atom stereocenters. The summed E-state index contributed by atoms with van der Waals surface area (Å²) in [5, 5.41) is 1.00. The fraction of sp³-hybridized carbons (Fsp3) is 0.200. The summed E-state index contributed by atoms with van der Waals surface area (Å²) in [7, 11) is 0. The molecule has 5 heteroatoms. The van der Waals surface area contributed by atoms with Crippen LogP contribution in [0.4, 0.5) is 0 Å². The predicted molar refractivity (Wildman–Crippen MR) is 79.7 cm³/mol. The zero-order valence-corrected chi connectivity index (χ0v) is 12.1. The lowest BCUT2D eigenvalue weighted by atomic mass is 10.2. The van der Waals surface area contributed by atoms with Crippen molar-refractivity contribution in [2.75, 3.05) is 0 Å². The van der Waals surface area contributed by atoms with Crippen molar-refractivity contribution in [3.8, 4) is 11.6 Å². The monoisotopic (exact) mass is 330 g/mol. The van der Waals surface area contributed by atoms with Crippen LogP contribution in [0.3, 0.4) is 0 Å². The Balaban J connectivity index is 1.91. The van der Waals surface area contributed by atoms with Crippen LogP contribution in [0.1, 0.15) is 24.5 Å². The van der Waals surface area contributed by atoms with E-state index < -0.39 is 0 Å². The molecule has 2 aromatic heterocycles. The van der Waals surface area contributed by atoms with Crippen molar-refractivity contribution in [3.05, 3.63) is 50.9 Å². The number of rotatable bonds is 2. The summed E-state index contributed by atoms with van der Waals surface area (Å²) in [5.41, 5.74) is 1.47. The van der Waals surface area contributed by atoms with Gasteiger partial charge in [0.05, 0.1) is 5.69 Å². The minimum atomic E-state index is -0.155. The number of benzene rings is 1. The topological polar surface area (TPSA) is 58.9 Å². The first-order valence-corrected chi connectivity index (χ1v) is 7.30. The average molecular weight is 331 g/mol. The number of hydrogen-bond donors (Lipinski definition) is 1. The van der Waals surface area contributed by atoms with E-state index in [1.165, 1.54) is 0 Å². The Kier molecular flexibility index (Phi) is 2.57. The number of para-hydroxylation sites is 1. The lowest BCUT2D eigenvalue weighted by Crippen LogP contribution is -2.13. The Bertz CT molecular complexity index is 829. The van der Waals surface area contributed by atoms with Crippen molar-refractivity contribution < 1.29 is 4.42 Å². The van der Waals surface area contributed by atoms with E-state index in [1.807, 2.05) is 30.3 Å². The van der Waals surface area contributed by atoms with Crippen LogP contribution >= 0.6 is 15.9 Å². The van der Waals surface area contributed by atoms with Crippen molar-refractivity contribution >= 4 is 26.9 Å². The molecule has 100 valence electrons. The molecule has 2 heterocycles. The van der Waals surface area contributed by atoms with E-state index in [4.69, 9.17) is 4.42 Å². The summed E-state index contributed by atoms with van der Waals surface area (Å²) in [6.45, 7) is 0. The van der Waals surface area contributed by atoms with Gasteiger partial charge in [-0.1, -0.05) is 18.2 Å². The third-order valence-electron chi connectivity index (χ3n) is 3.51. The van der Waals surface area contributed by atoms with Gasteiger partial charge in [-0.05, 0) is 40.9 Å². The van der Waals surface area contributed by atoms with E-state index in [2.05, 4.69) is 25.9 Å². The van der Waals surface area contributed by atoms with Crippen LogP contribution in [0.5, 0.6) is 0 Å². The van der Waals surface area contributed by atoms with E-state index in [-0.39, 0.29) is 5.56 Å². The fourth-order valence-electron chi connectivity index (χ4n) is 2.32. The number of furan rings is 1. The second-order valence-electron chi connectivity index (χ2n) is 5.04. The SMILES string of the molecule is O=c1[nH]c(-c2cc3ccccc3o2)nc(C2CC2)c1Br. The second kappa shape index (κ2) is 4.31. The van der Waals surface area contributed by atoms with Gasteiger partial charge >= 0.3 is 0 Å². The van der Waals surface area contributed by atoms with Crippen molar-refractivity contribution in [3.63, 3.8) is 0 Å². The summed E-state index contributed by atoms with van der Waals surface area (Å²) in [4.78, 5) is 19.3. The highest BCUT2D eigenvalue weighted by Gasteiger charge is 2.29. The molecule has 0 aliphatic heterocycles. The van der Waals surface area contributed by atoms with E-state index in [0.29, 0.717) is 22.0 Å². The molecular weight excluding hydrogens is 320 g/mol. The zero-order valence-electron chi connectivity index (χ0n) is 10.5. The Morgan fingerprint density at radius 3 is 2.85 bits per heavy atom. The Labute approximate surface area is 123 Å². The van der Waals surface area contributed by atoms with Crippen LogP contribution in [0.2, 0.25) is 0 Å². The van der Waals surface area contributed by atoms with E-state index in [1.54, 1.807) is 0 Å². The molecule has 0 saturated heterocycles. The van der Waals surface area contributed by atoms with Gasteiger partial charge in [0, 0.05) is 11.3 Å². The summed E-state index contributed by atoms with van der Waals surface area (Å²) in [6.07, 6.45) is 2.18. The maximum atomic E-state index is 12.0. The lowest BCUT2D eigenvalue weighted by Gasteiger charge is -2.03. The summed E-state index contributed by atoms with van der Waals surface area (Å²) in [5.74, 6) is 1.49. The summed E-state index contributed by atoms with van der Waals surface area (Å²) < 4.78 is 6.30. The molecule has 3 aromatic rings. The predicted octanol–water partition coefficient (Wildman–Crippen LogP) is 3.82. The third kappa shape index (κ3) is 1.89. The highest BCUT2D eigenvalue weighted by molar-refractivity contribution is 9.10. The summed E-state index contributed by atoms with van der Waals surface area (Å²) >= 11 is 3.33.